The average Bonchev–Trinajstić information content (AvgIpc) is 2.82. The molecular weight excluding hydrogens is 432 g/mol. The summed E-state index contributed by atoms with van der Waals surface area (Å²) in [5, 5.41) is 5.70. The molecule has 0 fully saturated rings. The monoisotopic (exact) mass is 460 g/mol. The topological polar surface area (TPSA) is 93.7 Å². The van der Waals surface area contributed by atoms with Gasteiger partial charge in [0.15, 0.2) is 0 Å². The molecule has 7 heteroatoms. The number of hydrogen-bond donors (Lipinski definition) is 2. The summed E-state index contributed by atoms with van der Waals surface area (Å²) < 4.78 is 10.7. The number of aryl methyl sites for hydroxylation is 1. The van der Waals surface area contributed by atoms with Crippen molar-refractivity contribution in [3.63, 3.8) is 0 Å². The van der Waals surface area contributed by atoms with Crippen molar-refractivity contribution in [1.82, 2.24) is 5.32 Å². The van der Waals surface area contributed by atoms with E-state index in [9.17, 15) is 14.4 Å². The van der Waals surface area contributed by atoms with E-state index in [4.69, 9.17) is 9.47 Å². The van der Waals surface area contributed by atoms with Crippen molar-refractivity contribution < 1.29 is 23.9 Å². The number of carbonyl (C=O) groups is 3. The fourth-order valence-electron chi connectivity index (χ4n) is 3.21. The zero-order valence-corrected chi connectivity index (χ0v) is 19.3. The molecule has 0 heterocycles. The number of rotatable bonds is 10. The molecule has 0 bridgehead atoms. The number of benzene rings is 3. The van der Waals surface area contributed by atoms with Crippen molar-refractivity contribution in [2.24, 2.45) is 0 Å². The first-order valence-corrected chi connectivity index (χ1v) is 11.0. The molecule has 2 N–H and O–H groups in total. The molecule has 0 aliphatic carbocycles. The first kappa shape index (κ1) is 24.5. The molecule has 3 aromatic carbocycles. The van der Waals surface area contributed by atoms with Crippen molar-refractivity contribution in [3.05, 3.63) is 89.5 Å². The Bertz CT molecular complexity index is 1140. The molecule has 176 valence electrons. The van der Waals surface area contributed by atoms with Crippen LogP contribution in [0.4, 0.5) is 5.69 Å². The highest BCUT2D eigenvalue weighted by molar-refractivity contribution is 5.94. The van der Waals surface area contributed by atoms with Crippen LogP contribution in [0.5, 0.6) is 11.5 Å². The van der Waals surface area contributed by atoms with Gasteiger partial charge in [-0.2, -0.15) is 0 Å². The lowest BCUT2D eigenvalue weighted by Crippen LogP contribution is -2.22. The smallest absolute Gasteiger partial charge is 0.308 e. The standard InChI is InChI=1S/C27H28N2O5/c1-19-7-3-4-10-25(19)33-16-6-11-26(31)29-23-14-12-21(13-15-23)18-28-27(32)22-8-5-9-24(17-22)34-20(2)30/h3-5,7-10,12-15,17H,6,11,16,18H2,1-2H3,(H,28,32)(H,29,31). The number of esters is 1. The van der Waals surface area contributed by atoms with E-state index in [1.165, 1.54) is 13.0 Å². The zero-order valence-electron chi connectivity index (χ0n) is 19.3. The van der Waals surface area contributed by atoms with Gasteiger partial charge in [0.25, 0.3) is 5.91 Å². The Balaban J connectivity index is 1.40. The van der Waals surface area contributed by atoms with Gasteiger partial charge in [0, 0.05) is 31.1 Å². The minimum Gasteiger partial charge on any atom is -0.493 e. The van der Waals surface area contributed by atoms with Crippen LogP contribution in [0, 0.1) is 6.92 Å². The second-order valence-corrected chi connectivity index (χ2v) is 7.77. The van der Waals surface area contributed by atoms with Crippen molar-refractivity contribution in [1.29, 1.82) is 0 Å². The molecule has 0 spiro atoms. The molecule has 34 heavy (non-hydrogen) atoms. The summed E-state index contributed by atoms with van der Waals surface area (Å²) in [6.45, 7) is 4.09. The van der Waals surface area contributed by atoms with Crippen LogP contribution in [0.25, 0.3) is 0 Å². The summed E-state index contributed by atoms with van der Waals surface area (Å²) >= 11 is 0. The predicted molar refractivity (Wildman–Crippen MR) is 130 cm³/mol. The summed E-state index contributed by atoms with van der Waals surface area (Å²) in [5.41, 5.74) is 3.04. The Morgan fingerprint density at radius 1 is 0.912 bits per heavy atom. The lowest BCUT2D eigenvalue weighted by molar-refractivity contribution is -0.131. The minimum atomic E-state index is -0.444. The number of nitrogens with one attached hydrogen (secondary N) is 2. The lowest BCUT2D eigenvalue weighted by Gasteiger charge is -2.10. The van der Waals surface area contributed by atoms with Crippen LogP contribution >= 0.6 is 0 Å². The van der Waals surface area contributed by atoms with Gasteiger partial charge in [-0.3, -0.25) is 14.4 Å². The third kappa shape index (κ3) is 7.78. The van der Waals surface area contributed by atoms with Crippen LogP contribution < -0.4 is 20.1 Å². The van der Waals surface area contributed by atoms with Gasteiger partial charge in [-0.1, -0.05) is 36.4 Å². The van der Waals surface area contributed by atoms with Gasteiger partial charge >= 0.3 is 5.97 Å². The van der Waals surface area contributed by atoms with Crippen LogP contribution in [-0.4, -0.2) is 24.4 Å². The van der Waals surface area contributed by atoms with E-state index in [2.05, 4.69) is 10.6 Å². The molecule has 0 aliphatic rings. The van der Waals surface area contributed by atoms with E-state index in [1.54, 1.807) is 30.3 Å². The highest BCUT2D eigenvalue weighted by atomic mass is 16.5. The Morgan fingerprint density at radius 3 is 2.41 bits per heavy atom. The average molecular weight is 461 g/mol. The molecule has 0 unspecified atom stereocenters. The van der Waals surface area contributed by atoms with E-state index in [1.807, 2.05) is 43.3 Å². The van der Waals surface area contributed by atoms with Crippen molar-refractivity contribution in [2.75, 3.05) is 11.9 Å². The van der Waals surface area contributed by atoms with Crippen LogP contribution in [0.3, 0.4) is 0 Å². The molecule has 2 amide bonds. The van der Waals surface area contributed by atoms with Gasteiger partial charge in [-0.25, -0.2) is 0 Å². The molecule has 0 atom stereocenters. The van der Waals surface area contributed by atoms with Gasteiger partial charge in [0.05, 0.1) is 6.61 Å². The summed E-state index contributed by atoms with van der Waals surface area (Å²) in [5.74, 6) is 0.353. The number of para-hydroxylation sites is 1. The highest BCUT2D eigenvalue weighted by Gasteiger charge is 2.08. The number of anilines is 1. The van der Waals surface area contributed by atoms with Gasteiger partial charge in [-0.05, 0) is 60.9 Å². The van der Waals surface area contributed by atoms with Crippen LogP contribution in [0.1, 0.15) is 41.3 Å². The maximum absolute atomic E-state index is 12.4. The number of carbonyl (C=O) groups excluding carboxylic acids is 3. The summed E-state index contributed by atoms with van der Waals surface area (Å²) in [7, 11) is 0. The zero-order chi connectivity index (χ0) is 24.3. The molecular formula is C27H28N2O5. The summed E-state index contributed by atoms with van der Waals surface area (Å²) in [4.78, 5) is 35.6. The number of hydrogen-bond acceptors (Lipinski definition) is 5. The molecule has 0 radical (unpaired) electrons. The second-order valence-electron chi connectivity index (χ2n) is 7.77. The predicted octanol–water partition coefficient (Wildman–Crippen LogP) is 4.65. The SMILES string of the molecule is CC(=O)Oc1cccc(C(=O)NCc2ccc(NC(=O)CCCOc3ccccc3C)cc2)c1. The summed E-state index contributed by atoms with van der Waals surface area (Å²) in [6, 6.07) is 21.5. The lowest BCUT2D eigenvalue weighted by atomic mass is 10.1. The van der Waals surface area contributed by atoms with Gasteiger partial charge in [0.2, 0.25) is 5.91 Å². The van der Waals surface area contributed by atoms with Crippen molar-refractivity contribution in [2.45, 2.75) is 33.2 Å². The maximum atomic E-state index is 12.4. The molecule has 7 nitrogen and oxygen atoms in total. The fraction of sp³-hybridized carbons (Fsp3) is 0.222. The maximum Gasteiger partial charge on any atom is 0.308 e. The van der Waals surface area contributed by atoms with Gasteiger partial charge < -0.3 is 20.1 Å². The Morgan fingerprint density at radius 2 is 1.68 bits per heavy atom. The molecule has 0 aromatic heterocycles. The molecule has 0 saturated heterocycles. The van der Waals surface area contributed by atoms with Crippen LogP contribution in [-0.2, 0) is 16.1 Å². The van der Waals surface area contributed by atoms with E-state index in [0.717, 1.165) is 16.9 Å². The molecule has 0 aliphatic heterocycles. The van der Waals surface area contributed by atoms with E-state index in [-0.39, 0.29) is 11.8 Å². The van der Waals surface area contributed by atoms with E-state index in [0.29, 0.717) is 43.0 Å². The first-order valence-electron chi connectivity index (χ1n) is 11.0. The number of ether oxygens (including phenoxy) is 2. The van der Waals surface area contributed by atoms with Gasteiger partial charge in [-0.15, -0.1) is 0 Å². The Hall–Kier alpha value is -4.13. The summed E-state index contributed by atoms with van der Waals surface area (Å²) in [6.07, 6.45) is 0.971. The normalized spacial score (nSPS) is 10.3. The quantitative estimate of drug-likeness (QED) is 0.261. The minimum absolute atomic E-state index is 0.0814. The van der Waals surface area contributed by atoms with Crippen LogP contribution in [0.15, 0.2) is 72.8 Å². The third-order valence-electron chi connectivity index (χ3n) is 4.95. The fourth-order valence-corrected chi connectivity index (χ4v) is 3.21. The Kier molecular flexibility index (Phi) is 8.80. The molecule has 3 aromatic rings. The third-order valence-corrected chi connectivity index (χ3v) is 4.95. The van der Waals surface area contributed by atoms with Crippen molar-refractivity contribution in [3.8, 4) is 11.5 Å². The van der Waals surface area contributed by atoms with Crippen LogP contribution in [0.2, 0.25) is 0 Å². The largest absolute Gasteiger partial charge is 0.493 e. The Labute approximate surface area is 199 Å². The number of amides is 2. The first-order chi connectivity index (χ1) is 16.4. The molecule has 0 saturated carbocycles. The second kappa shape index (κ2) is 12.2. The van der Waals surface area contributed by atoms with Gasteiger partial charge in [0.1, 0.15) is 11.5 Å². The highest BCUT2D eigenvalue weighted by Crippen LogP contribution is 2.17. The van der Waals surface area contributed by atoms with Crippen molar-refractivity contribution >= 4 is 23.5 Å². The van der Waals surface area contributed by atoms with E-state index >= 15 is 0 Å². The van der Waals surface area contributed by atoms with E-state index < -0.39 is 5.97 Å². The molecule has 3 rings (SSSR count).